The number of nitrogens with zero attached hydrogens (tertiary/aromatic N) is 1. The number of nitrogens with one attached hydrogen (secondary N) is 1. The van der Waals surface area contributed by atoms with E-state index in [0.29, 0.717) is 23.0 Å². The molecule has 1 fully saturated rings. The quantitative estimate of drug-likeness (QED) is 0.847. The molecule has 24 heavy (non-hydrogen) atoms. The molecule has 0 aliphatic carbocycles. The summed E-state index contributed by atoms with van der Waals surface area (Å²) < 4.78 is 5.29. The molecule has 1 amide bonds. The second-order valence-corrected chi connectivity index (χ2v) is 7.62. The van der Waals surface area contributed by atoms with Gasteiger partial charge in [-0.3, -0.25) is 4.90 Å². The third-order valence-electron chi connectivity index (χ3n) is 4.98. The lowest BCUT2D eigenvalue weighted by Gasteiger charge is -2.34. The van der Waals surface area contributed by atoms with E-state index in [9.17, 15) is 9.90 Å². The molecule has 1 aromatic heterocycles. The minimum atomic E-state index is -1.38. The van der Waals surface area contributed by atoms with Crippen LogP contribution in [0.2, 0.25) is 10.0 Å². The smallest absolute Gasteiger partial charge is 0.412 e. The summed E-state index contributed by atoms with van der Waals surface area (Å²) in [5, 5.41) is 12.7. The number of aryl methyl sites for hydroxylation is 1. The van der Waals surface area contributed by atoms with Gasteiger partial charge in [-0.25, -0.2) is 4.79 Å². The maximum Gasteiger partial charge on any atom is 0.412 e. The summed E-state index contributed by atoms with van der Waals surface area (Å²) in [5.41, 5.74) is 0.344. The number of amides is 1. The zero-order valence-corrected chi connectivity index (χ0v) is 15.5. The zero-order chi connectivity index (χ0) is 17.9. The van der Waals surface area contributed by atoms with Crippen molar-refractivity contribution in [1.82, 2.24) is 9.88 Å². The maximum absolute atomic E-state index is 12.1. The fourth-order valence-electron chi connectivity index (χ4n) is 3.14. The van der Waals surface area contributed by atoms with Gasteiger partial charge in [0.25, 0.3) is 0 Å². The molecule has 130 valence electrons. The molecule has 1 atom stereocenters. The third-order valence-corrected chi connectivity index (χ3v) is 5.61. The minimum Gasteiger partial charge on any atom is -0.438 e. The molecule has 0 spiro atoms. The Labute approximate surface area is 150 Å². The lowest BCUT2D eigenvalue weighted by atomic mass is 9.95. The number of carbonyl (C=O) groups excluding carboxylic acids is 1. The Kier molecular flexibility index (Phi) is 4.02. The number of H-pyrrole nitrogens is 1. The van der Waals surface area contributed by atoms with Gasteiger partial charge >= 0.3 is 6.09 Å². The standard InChI is InChI=1S/C17H20Cl2N2O3/c1-9-10(13-11(18)5-6-12(19)14(13)20-9)7-8-21-15(22)24-16(2,3)17(21,4)23/h5-6,20,23H,7-8H2,1-4H3. The average Bonchev–Trinajstić information content (AvgIpc) is 2.87. The van der Waals surface area contributed by atoms with E-state index in [2.05, 4.69) is 4.98 Å². The molecule has 3 rings (SSSR count). The number of aromatic nitrogens is 1. The van der Waals surface area contributed by atoms with Gasteiger partial charge in [0.2, 0.25) is 0 Å². The van der Waals surface area contributed by atoms with Crippen molar-refractivity contribution in [2.24, 2.45) is 0 Å². The van der Waals surface area contributed by atoms with Crippen LogP contribution in [0.15, 0.2) is 12.1 Å². The number of cyclic esters (lactones) is 1. The lowest BCUT2D eigenvalue weighted by molar-refractivity contribution is -0.126. The first kappa shape index (κ1) is 17.4. The highest BCUT2D eigenvalue weighted by atomic mass is 35.5. The number of fused-ring (bicyclic) bond motifs is 1. The molecule has 0 radical (unpaired) electrons. The summed E-state index contributed by atoms with van der Waals surface area (Å²) in [5.74, 6) is 0. The van der Waals surface area contributed by atoms with Gasteiger partial charge in [0.15, 0.2) is 11.3 Å². The minimum absolute atomic E-state index is 0.311. The summed E-state index contributed by atoms with van der Waals surface area (Å²) in [4.78, 5) is 16.7. The van der Waals surface area contributed by atoms with Crippen molar-refractivity contribution in [3.05, 3.63) is 33.4 Å². The van der Waals surface area contributed by atoms with Crippen molar-refractivity contribution >= 4 is 40.2 Å². The van der Waals surface area contributed by atoms with Gasteiger partial charge in [0.05, 0.1) is 15.6 Å². The summed E-state index contributed by atoms with van der Waals surface area (Å²) in [6, 6.07) is 3.50. The first-order chi connectivity index (χ1) is 11.1. The van der Waals surface area contributed by atoms with Crippen molar-refractivity contribution in [1.29, 1.82) is 0 Å². The van der Waals surface area contributed by atoms with Crippen LogP contribution in [0.25, 0.3) is 10.9 Å². The van der Waals surface area contributed by atoms with Crippen LogP contribution in [-0.4, -0.2) is 39.0 Å². The molecule has 0 bridgehead atoms. The lowest BCUT2D eigenvalue weighted by Crippen LogP contribution is -2.54. The molecule has 2 aromatic rings. The molecule has 0 saturated carbocycles. The van der Waals surface area contributed by atoms with Crippen LogP contribution in [0.1, 0.15) is 32.0 Å². The van der Waals surface area contributed by atoms with Crippen molar-refractivity contribution in [3.8, 4) is 0 Å². The maximum atomic E-state index is 12.1. The van der Waals surface area contributed by atoms with Crippen LogP contribution in [0, 0.1) is 6.92 Å². The predicted octanol–water partition coefficient (Wildman–Crippen LogP) is 4.26. The Hall–Kier alpha value is -1.43. The number of ether oxygens (including phenoxy) is 1. The van der Waals surface area contributed by atoms with Crippen LogP contribution in [0.5, 0.6) is 0 Å². The molecule has 7 heteroatoms. The van der Waals surface area contributed by atoms with E-state index in [-0.39, 0.29) is 0 Å². The molecule has 5 nitrogen and oxygen atoms in total. The van der Waals surface area contributed by atoms with Crippen LogP contribution in [0.3, 0.4) is 0 Å². The van der Waals surface area contributed by atoms with E-state index in [1.807, 2.05) is 6.92 Å². The summed E-state index contributed by atoms with van der Waals surface area (Å²) in [6.07, 6.45) is -0.000588. The number of hydrogen-bond donors (Lipinski definition) is 2. The summed E-state index contributed by atoms with van der Waals surface area (Å²) in [7, 11) is 0. The average molecular weight is 371 g/mol. The molecule has 1 aliphatic heterocycles. The molecule has 1 aliphatic rings. The molecule has 2 N–H and O–H groups in total. The normalized spacial score (nSPS) is 23.1. The zero-order valence-electron chi connectivity index (χ0n) is 14.0. The Morgan fingerprint density at radius 2 is 1.88 bits per heavy atom. The highest BCUT2D eigenvalue weighted by molar-refractivity contribution is 6.40. The van der Waals surface area contributed by atoms with E-state index < -0.39 is 17.4 Å². The fourth-order valence-corrected chi connectivity index (χ4v) is 3.61. The largest absolute Gasteiger partial charge is 0.438 e. The SMILES string of the molecule is Cc1[nH]c2c(Cl)ccc(Cl)c2c1CCN1C(=O)OC(C)(C)C1(C)O. The molecule has 1 saturated heterocycles. The fraction of sp³-hybridized carbons (Fsp3) is 0.471. The topological polar surface area (TPSA) is 65.6 Å². The first-order valence-corrected chi connectivity index (χ1v) is 8.50. The van der Waals surface area contributed by atoms with Crippen molar-refractivity contribution in [2.45, 2.75) is 45.4 Å². The van der Waals surface area contributed by atoms with Gasteiger partial charge in [0, 0.05) is 17.6 Å². The van der Waals surface area contributed by atoms with E-state index in [4.69, 9.17) is 27.9 Å². The summed E-state index contributed by atoms with van der Waals surface area (Å²) in [6.45, 7) is 7.22. The van der Waals surface area contributed by atoms with Gasteiger partial charge in [-0.05, 0) is 51.8 Å². The first-order valence-electron chi connectivity index (χ1n) is 7.74. The highest BCUT2D eigenvalue weighted by Crippen LogP contribution is 2.38. The Bertz CT molecular complexity index is 827. The van der Waals surface area contributed by atoms with Gasteiger partial charge < -0.3 is 14.8 Å². The van der Waals surface area contributed by atoms with Gasteiger partial charge in [-0.2, -0.15) is 0 Å². The Morgan fingerprint density at radius 3 is 2.46 bits per heavy atom. The monoisotopic (exact) mass is 370 g/mol. The molecule has 2 heterocycles. The second-order valence-electron chi connectivity index (χ2n) is 6.81. The Balaban J connectivity index is 1.94. The van der Waals surface area contributed by atoms with E-state index in [1.54, 1.807) is 32.9 Å². The number of halogens is 2. The van der Waals surface area contributed by atoms with Crippen LogP contribution < -0.4 is 0 Å². The van der Waals surface area contributed by atoms with Crippen LogP contribution in [-0.2, 0) is 11.2 Å². The van der Waals surface area contributed by atoms with E-state index in [1.165, 1.54) is 4.90 Å². The molecule has 1 aromatic carbocycles. The number of aromatic amines is 1. The van der Waals surface area contributed by atoms with Crippen molar-refractivity contribution in [3.63, 3.8) is 0 Å². The van der Waals surface area contributed by atoms with Crippen molar-refractivity contribution < 1.29 is 14.6 Å². The number of carbonyl (C=O) groups is 1. The highest BCUT2D eigenvalue weighted by Gasteiger charge is 2.56. The predicted molar refractivity (Wildman–Crippen MR) is 94.6 cm³/mol. The second kappa shape index (κ2) is 5.55. The molecular weight excluding hydrogens is 351 g/mol. The van der Waals surface area contributed by atoms with Gasteiger partial charge in [0.1, 0.15) is 0 Å². The third kappa shape index (κ3) is 2.46. The molecule has 1 unspecified atom stereocenters. The summed E-state index contributed by atoms with van der Waals surface area (Å²) >= 11 is 12.6. The number of rotatable bonds is 3. The van der Waals surface area contributed by atoms with Crippen LogP contribution >= 0.6 is 23.2 Å². The number of benzene rings is 1. The van der Waals surface area contributed by atoms with E-state index in [0.717, 1.165) is 22.2 Å². The number of hydrogen-bond acceptors (Lipinski definition) is 3. The molecular formula is C17H20Cl2N2O3. The van der Waals surface area contributed by atoms with Gasteiger partial charge in [-0.1, -0.05) is 23.2 Å². The Morgan fingerprint density at radius 1 is 1.25 bits per heavy atom. The van der Waals surface area contributed by atoms with E-state index >= 15 is 0 Å². The van der Waals surface area contributed by atoms with Crippen molar-refractivity contribution in [2.75, 3.05) is 6.54 Å². The number of aliphatic hydroxyl groups is 1. The van der Waals surface area contributed by atoms with Gasteiger partial charge in [-0.15, -0.1) is 0 Å². The van der Waals surface area contributed by atoms with Crippen LogP contribution in [0.4, 0.5) is 4.79 Å².